The minimum Gasteiger partial charge on any atom is -0.444 e. The lowest BCUT2D eigenvalue weighted by Gasteiger charge is -2.18. The van der Waals surface area contributed by atoms with E-state index in [1.54, 1.807) is 20.8 Å². The number of aromatic nitrogens is 3. The predicted molar refractivity (Wildman–Crippen MR) is 58.9 cm³/mol. The van der Waals surface area contributed by atoms with Crippen LogP contribution in [0.25, 0.3) is 0 Å². The molecule has 0 aliphatic rings. The molecule has 0 saturated carbocycles. The Balaban J connectivity index is 2.51. The molecule has 7 heteroatoms. The number of thiol groups is 1. The number of anilines is 1. The number of amides is 1. The number of carbonyl (C=O) groups excluding carboxylic acids is 1. The summed E-state index contributed by atoms with van der Waals surface area (Å²) in [6.07, 6.45) is -0.577. The second-order valence-electron chi connectivity index (χ2n) is 3.89. The van der Waals surface area contributed by atoms with Crippen LogP contribution in [-0.4, -0.2) is 26.9 Å². The molecule has 0 unspecified atom stereocenters. The van der Waals surface area contributed by atoms with Gasteiger partial charge in [0, 0.05) is 0 Å². The van der Waals surface area contributed by atoms with Gasteiger partial charge in [0.2, 0.25) is 0 Å². The van der Waals surface area contributed by atoms with Gasteiger partial charge in [0.05, 0.1) is 5.75 Å². The molecule has 0 aliphatic heterocycles. The highest BCUT2D eigenvalue weighted by Crippen LogP contribution is 2.09. The van der Waals surface area contributed by atoms with Gasteiger partial charge in [-0.3, -0.25) is 10.4 Å². The van der Waals surface area contributed by atoms with Gasteiger partial charge in [-0.05, 0) is 20.8 Å². The van der Waals surface area contributed by atoms with Crippen molar-refractivity contribution in [3.8, 4) is 0 Å². The average Bonchev–Trinajstić information content (AvgIpc) is 2.48. The van der Waals surface area contributed by atoms with Crippen molar-refractivity contribution in [3.63, 3.8) is 0 Å². The zero-order valence-electron chi connectivity index (χ0n) is 8.87. The summed E-state index contributed by atoms with van der Waals surface area (Å²) in [7, 11) is 0. The van der Waals surface area contributed by atoms with E-state index in [-0.39, 0.29) is 5.95 Å². The van der Waals surface area contributed by atoms with E-state index >= 15 is 0 Å². The summed E-state index contributed by atoms with van der Waals surface area (Å²) in [6.45, 7) is 5.34. The summed E-state index contributed by atoms with van der Waals surface area (Å²) < 4.78 is 5.02. The molecule has 1 aromatic heterocycles. The molecule has 0 atom stereocenters. The monoisotopic (exact) mass is 230 g/mol. The van der Waals surface area contributed by atoms with Crippen LogP contribution in [0.1, 0.15) is 26.6 Å². The third-order valence-electron chi connectivity index (χ3n) is 1.29. The van der Waals surface area contributed by atoms with Crippen molar-refractivity contribution in [2.75, 3.05) is 5.32 Å². The van der Waals surface area contributed by atoms with Gasteiger partial charge in [0.25, 0.3) is 5.95 Å². The number of aromatic amines is 1. The highest BCUT2D eigenvalue weighted by atomic mass is 32.1. The van der Waals surface area contributed by atoms with E-state index in [0.29, 0.717) is 11.6 Å². The highest BCUT2D eigenvalue weighted by molar-refractivity contribution is 7.79. The van der Waals surface area contributed by atoms with Crippen molar-refractivity contribution < 1.29 is 9.53 Å². The van der Waals surface area contributed by atoms with Crippen LogP contribution in [0.2, 0.25) is 0 Å². The molecule has 1 rings (SSSR count). The zero-order chi connectivity index (χ0) is 11.5. The first-order valence-electron chi connectivity index (χ1n) is 4.43. The molecule has 0 saturated heterocycles. The second kappa shape index (κ2) is 4.52. The molecule has 0 bridgehead atoms. The molecular weight excluding hydrogens is 216 g/mol. The van der Waals surface area contributed by atoms with Crippen molar-refractivity contribution in [1.29, 1.82) is 0 Å². The maximum absolute atomic E-state index is 11.3. The Bertz CT molecular complexity index is 345. The molecule has 0 aromatic carbocycles. The van der Waals surface area contributed by atoms with Crippen LogP contribution in [0.5, 0.6) is 0 Å². The Morgan fingerprint density at radius 1 is 1.60 bits per heavy atom. The number of nitrogens with zero attached hydrogens (tertiary/aromatic N) is 2. The SMILES string of the molecule is CC(C)(C)OC(=O)Nc1n[nH]c(CS)n1. The fraction of sp³-hybridized carbons (Fsp3) is 0.625. The molecular formula is C8H14N4O2S. The standard InChI is InChI=1S/C8H14N4O2S/c1-8(2,3)14-7(13)10-6-9-5(4-15)11-12-6/h15H,4H2,1-3H3,(H2,9,10,11,12,13). The predicted octanol–water partition coefficient (Wildman–Crippen LogP) is 1.58. The van der Waals surface area contributed by atoms with Gasteiger partial charge in [-0.15, -0.1) is 5.10 Å². The van der Waals surface area contributed by atoms with Crippen LogP contribution in [0.15, 0.2) is 0 Å². The van der Waals surface area contributed by atoms with Crippen molar-refractivity contribution >= 4 is 24.7 Å². The quantitative estimate of drug-likeness (QED) is 0.674. The Labute approximate surface area is 93.2 Å². The van der Waals surface area contributed by atoms with Crippen LogP contribution in [0, 0.1) is 0 Å². The van der Waals surface area contributed by atoms with E-state index in [1.165, 1.54) is 0 Å². The van der Waals surface area contributed by atoms with Gasteiger partial charge < -0.3 is 4.74 Å². The molecule has 1 aromatic rings. The van der Waals surface area contributed by atoms with E-state index in [2.05, 4.69) is 33.1 Å². The number of rotatable bonds is 2. The van der Waals surface area contributed by atoms with Gasteiger partial charge in [-0.25, -0.2) is 4.79 Å². The summed E-state index contributed by atoms with van der Waals surface area (Å²) in [5.74, 6) is 1.21. The van der Waals surface area contributed by atoms with Gasteiger partial charge in [-0.2, -0.15) is 17.6 Å². The zero-order valence-corrected chi connectivity index (χ0v) is 9.76. The molecule has 15 heavy (non-hydrogen) atoms. The number of carbonyl (C=O) groups is 1. The molecule has 0 spiro atoms. The molecule has 2 N–H and O–H groups in total. The van der Waals surface area contributed by atoms with Crippen molar-refractivity contribution in [2.45, 2.75) is 32.1 Å². The van der Waals surface area contributed by atoms with Gasteiger partial charge >= 0.3 is 6.09 Å². The maximum atomic E-state index is 11.3. The summed E-state index contributed by atoms with van der Waals surface area (Å²) in [5, 5.41) is 8.78. The number of H-pyrrole nitrogens is 1. The van der Waals surface area contributed by atoms with Crippen LogP contribution in [0.3, 0.4) is 0 Å². The first-order valence-corrected chi connectivity index (χ1v) is 5.06. The lowest BCUT2D eigenvalue weighted by Crippen LogP contribution is -2.27. The molecule has 84 valence electrons. The summed E-state index contributed by atoms with van der Waals surface area (Å²) >= 11 is 4.01. The van der Waals surface area contributed by atoms with Crippen LogP contribution in [-0.2, 0) is 10.5 Å². The average molecular weight is 230 g/mol. The van der Waals surface area contributed by atoms with Gasteiger partial charge in [0.15, 0.2) is 0 Å². The molecule has 0 fully saturated rings. The van der Waals surface area contributed by atoms with Gasteiger partial charge in [-0.1, -0.05) is 0 Å². The molecule has 0 aliphatic carbocycles. The van der Waals surface area contributed by atoms with Crippen LogP contribution in [0.4, 0.5) is 10.7 Å². The first-order chi connectivity index (χ1) is 6.90. The Morgan fingerprint density at radius 2 is 2.27 bits per heavy atom. The lowest BCUT2D eigenvalue weighted by molar-refractivity contribution is 0.0634. The number of hydrogen-bond acceptors (Lipinski definition) is 5. The Hall–Kier alpha value is -1.24. The lowest BCUT2D eigenvalue weighted by atomic mass is 10.2. The van der Waals surface area contributed by atoms with E-state index in [4.69, 9.17) is 4.74 Å². The minimum absolute atomic E-state index is 0.188. The number of hydrogen-bond donors (Lipinski definition) is 3. The normalized spacial score (nSPS) is 11.2. The minimum atomic E-state index is -0.577. The van der Waals surface area contributed by atoms with E-state index in [0.717, 1.165) is 0 Å². The summed E-state index contributed by atoms with van der Waals surface area (Å²) in [5.41, 5.74) is -0.535. The van der Waals surface area contributed by atoms with Crippen LogP contribution >= 0.6 is 12.6 Å². The van der Waals surface area contributed by atoms with E-state index < -0.39 is 11.7 Å². The summed E-state index contributed by atoms with van der Waals surface area (Å²) in [4.78, 5) is 15.2. The molecule has 1 amide bonds. The smallest absolute Gasteiger partial charge is 0.414 e. The van der Waals surface area contributed by atoms with Crippen molar-refractivity contribution in [2.24, 2.45) is 0 Å². The van der Waals surface area contributed by atoms with Crippen molar-refractivity contribution in [3.05, 3.63) is 5.82 Å². The second-order valence-corrected chi connectivity index (χ2v) is 4.21. The fourth-order valence-corrected chi connectivity index (χ4v) is 0.958. The number of nitrogens with one attached hydrogen (secondary N) is 2. The highest BCUT2D eigenvalue weighted by Gasteiger charge is 2.17. The third-order valence-corrected chi connectivity index (χ3v) is 1.59. The van der Waals surface area contributed by atoms with E-state index in [9.17, 15) is 4.79 Å². The largest absolute Gasteiger partial charge is 0.444 e. The van der Waals surface area contributed by atoms with Gasteiger partial charge in [0.1, 0.15) is 11.4 Å². The van der Waals surface area contributed by atoms with Crippen molar-refractivity contribution in [1.82, 2.24) is 15.2 Å². The van der Waals surface area contributed by atoms with Crippen LogP contribution < -0.4 is 5.32 Å². The fourth-order valence-electron chi connectivity index (χ4n) is 0.817. The molecule has 0 radical (unpaired) electrons. The summed E-state index contributed by atoms with van der Waals surface area (Å²) in [6, 6.07) is 0. The molecule has 1 heterocycles. The maximum Gasteiger partial charge on any atom is 0.414 e. The Morgan fingerprint density at radius 3 is 2.73 bits per heavy atom. The third kappa shape index (κ3) is 4.20. The Kier molecular flexibility index (Phi) is 3.57. The van der Waals surface area contributed by atoms with E-state index in [1.807, 2.05) is 0 Å². The topological polar surface area (TPSA) is 79.9 Å². The number of ether oxygens (including phenoxy) is 1. The first kappa shape index (κ1) is 11.8. The molecule has 6 nitrogen and oxygen atoms in total.